The molecule has 2 aromatic carbocycles. The number of aromatic nitrogens is 1. The Hall–Kier alpha value is -4.60. The predicted molar refractivity (Wildman–Crippen MR) is 160 cm³/mol. The van der Waals surface area contributed by atoms with Gasteiger partial charge in [-0.25, -0.2) is 27.4 Å². The van der Waals surface area contributed by atoms with Crippen LogP contribution in [0.25, 0.3) is 0 Å². The lowest BCUT2D eigenvalue weighted by molar-refractivity contribution is -0.140. The van der Waals surface area contributed by atoms with Crippen molar-refractivity contribution in [3.63, 3.8) is 0 Å². The molecule has 2 N–H and O–H groups in total. The summed E-state index contributed by atoms with van der Waals surface area (Å²) in [4.78, 5) is 47.3. The third-order valence-electron chi connectivity index (χ3n) is 7.75. The van der Waals surface area contributed by atoms with Gasteiger partial charge in [0.2, 0.25) is 15.9 Å². The average molecular weight is 642 g/mol. The van der Waals surface area contributed by atoms with Crippen LogP contribution in [0.3, 0.4) is 0 Å². The first kappa shape index (κ1) is 31.8. The van der Waals surface area contributed by atoms with Gasteiger partial charge in [-0.3, -0.25) is 9.69 Å². The molecule has 1 unspecified atom stereocenters. The first-order valence-corrected chi connectivity index (χ1v) is 15.6. The number of anilines is 2. The molecule has 2 aliphatic heterocycles. The molecule has 2 amide bonds. The maximum absolute atomic E-state index is 13.9. The van der Waals surface area contributed by atoms with Gasteiger partial charge in [0, 0.05) is 51.0 Å². The number of hydrogen-bond donors (Lipinski definition) is 2. The lowest BCUT2D eigenvalue weighted by Crippen LogP contribution is -2.52. The number of β-amino-alcohol motifs (C(OH)–C–C–N with tert-alkyl or cyclic N) is 1. The van der Waals surface area contributed by atoms with Crippen LogP contribution in [-0.2, 0) is 19.6 Å². The topological polar surface area (TPSA) is 161 Å². The van der Waals surface area contributed by atoms with E-state index in [2.05, 4.69) is 9.88 Å². The van der Waals surface area contributed by atoms with Crippen molar-refractivity contribution in [2.24, 2.45) is 0 Å². The van der Waals surface area contributed by atoms with Crippen LogP contribution in [0.2, 0.25) is 0 Å². The summed E-state index contributed by atoms with van der Waals surface area (Å²) in [6.45, 7) is 2.82. The second-order valence-corrected chi connectivity index (χ2v) is 12.6. The minimum Gasteiger partial charge on any atom is -0.480 e. The molecule has 3 atom stereocenters. The highest BCUT2D eigenvalue weighted by Gasteiger charge is 2.46. The van der Waals surface area contributed by atoms with Crippen molar-refractivity contribution < 1.29 is 42.1 Å². The minimum atomic E-state index is -4.35. The summed E-state index contributed by atoms with van der Waals surface area (Å²) >= 11 is 0. The van der Waals surface area contributed by atoms with E-state index in [1.165, 1.54) is 31.2 Å². The van der Waals surface area contributed by atoms with E-state index in [9.17, 15) is 37.4 Å². The summed E-state index contributed by atoms with van der Waals surface area (Å²) in [5.41, 5.74) is 0.110. The molecule has 0 aliphatic carbocycles. The number of carboxylic acids is 1. The van der Waals surface area contributed by atoms with Crippen molar-refractivity contribution in [3.05, 3.63) is 78.7 Å². The SMILES string of the molecule is C[C@@H](C(=O)O)N(C(=O)[C@@H]1CC(O)CN1S(=O)(=O)c1ccc(F)cc1)c1ccc(OC(=O)N2CCN(c3ccccn3)CC2)cc1. The van der Waals surface area contributed by atoms with Crippen LogP contribution in [-0.4, -0.2) is 102 Å². The van der Waals surface area contributed by atoms with Crippen LogP contribution in [0.1, 0.15) is 13.3 Å². The van der Waals surface area contributed by atoms with Gasteiger partial charge < -0.3 is 24.7 Å². The molecule has 3 aromatic rings. The molecule has 13 nitrogen and oxygen atoms in total. The van der Waals surface area contributed by atoms with E-state index in [-0.39, 0.29) is 22.8 Å². The van der Waals surface area contributed by atoms with E-state index in [0.717, 1.165) is 39.3 Å². The van der Waals surface area contributed by atoms with Crippen molar-refractivity contribution in [2.45, 2.75) is 36.4 Å². The number of pyridine rings is 1. The summed E-state index contributed by atoms with van der Waals surface area (Å²) in [6.07, 6.45) is -0.333. The smallest absolute Gasteiger partial charge is 0.415 e. The number of rotatable bonds is 8. The van der Waals surface area contributed by atoms with Gasteiger partial charge in [-0.15, -0.1) is 0 Å². The largest absolute Gasteiger partial charge is 0.480 e. The molecule has 238 valence electrons. The second-order valence-electron chi connectivity index (χ2n) is 10.7. The molecule has 2 fully saturated rings. The molecular formula is C30H32FN5O8S. The lowest BCUT2D eigenvalue weighted by Gasteiger charge is -2.34. The van der Waals surface area contributed by atoms with E-state index in [4.69, 9.17) is 4.74 Å². The van der Waals surface area contributed by atoms with Crippen LogP contribution in [0, 0.1) is 5.82 Å². The Labute approximate surface area is 259 Å². The predicted octanol–water partition coefficient (Wildman–Crippen LogP) is 2.17. The van der Waals surface area contributed by atoms with Gasteiger partial charge in [-0.2, -0.15) is 4.31 Å². The molecule has 1 aromatic heterocycles. The molecular weight excluding hydrogens is 609 g/mol. The number of benzene rings is 2. The molecule has 0 bridgehead atoms. The first-order valence-electron chi connectivity index (χ1n) is 14.2. The number of carbonyl (C=O) groups excluding carboxylic acids is 2. The third-order valence-corrected chi connectivity index (χ3v) is 9.64. The van der Waals surface area contributed by atoms with E-state index in [1.807, 2.05) is 18.2 Å². The van der Waals surface area contributed by atoms with Crippen LogP contribution >= 0.6 is 0 Å². The van der Waals surface area contributed by atoms with Crippen LogP contribution in [0.5, 0.6) is 5.75 Å². The van der Waals surface area contributed by atoms with Gasteiger partial charge in [0.15, 0.2) is 0 Å². The molecule has 45 heavy (non-hydrogen) atoms. The molecule has 3 heterocycles. The summed E-state index contributed by atoms with van der Waals surface area (Å²) < 4.78 is 46.5. The molecule has 0 radical (unpaired) electrons. The molecule has 2 saturated heterocycles. The highest BCUT2D eigenvalue weighted by atomic mass is 32.2. The zero-order chi connectivity index (χ0) is 32.3. The summed E-state index contributed by atoms with van der Waals surface area (Å²) in [5, 5.41) is 20.2. The van der Waals surface area contributed by atoms with Crippen molar-refractivity contribution >= 4 is 39.5 Å². The number of carbonyl (C=O) groups is 3. The number of aliphatic hydroxyl groups excluding tert-OH is 1. The van der Waals surface area contributed by atoms with Gasteiger partial charge in [0.1, 0.15) is 29.5 Å². The van der Waals surface area contributed by atoms with E-state index < -0.39 is 58.5 Å². The summed E-state index contributed by atoms with van der Waals surface area (Å²) in [7, 11) is -4.35. The van der Waals surface area contributed by atoms with E-state index >= 15 is 0 Å². The highest BCUT2D eigenvalue weighted by Crippen LogP contribution is 2.31. The second kappa shape index (κ2) is 13.2. The van der Waals surface area contributed by atoms with Crippen molar-refractivity contribution in [3.8, 4) is 5.75 Å². The Kier molecular flexibility index (Phi) is 9.32. The number of sulfonamides is 1. The number of piperazine rings is 1. The number of halogens is 1. The Balaban J connectivity index is 1.30. The molecule has 5 rings (SSSR count). The monoisotopic (exact) mass is 641 g/mol. The number of aliphatic carboxylic acids is 1. The summed E-state index contributed by atoms with van der Waals surface area (Å²) in [5.74, 6) is -1.90. The maximum Gasteiger partial charge on any atom is 0.415 e. The number of amides is 2. The molecule has 15 heteroatoms. The molecule has 0 saturated carbocycles. The van der Waals surface area contributed by atoms with Crippen LogP contribution in [0.15, 0.2) is 77.8 Å². The zero-order valence-corrected chi connectivity index (χ0v) is 25.1. The standard InChI is InChI=1S/C30H32FN5O8S/c1-20(29(39)40)36(28(38)26-18-23(37)19-35(26)45(42,43)25-11-5-21(31)6-12-25)22-7-9-24(10-8-22)44-30(41)34-16-14-33(15-17-34)27-4-2-3-13-32-27/h2-13,20,23,26,37H,14-19H2,1H3,(H,39,40)/t20-,23?,26-/m0/s1. The van der Waals surface area contributed by atoms with Gasteiger partial charge in [0.05, 0.1) is 11.0 Å². The third kappa shape index (κ3) is 6.90. The normalized spacial score (nSPS) is 19.6. The summed E-state index contributed by atoms with van der Waals surface area (Å²) in [6, 6.07) is 12.4. The number of hydrogen-bond acceptors (Lipinski definition) is 9. The Morgan fingerprint density at radius 2 is 1.67 bits per heavy atom. The van der Waals surface area contributed by atoms with Crippen molar-refractivity contribution in [1.82, 2.24) is 14.2 Å². The number of ether oxygens (including phenoxy) is 1. The zero-order valence-electron chi connectivity index (χ0n) is 24.3. The Bertz CT molecular complexity index is 1640. The Morgan fingerprint density at radius 1 is 1.00 bits per heavy atom. The molecule has 0 spiro atoms. The number of aliphatic hydroxyl groups is 1. The highest BCUT2D eigenvalue weighted by molar-refractivity contribution is 7.89. The fourth-order valence-electron chi connectivity index (χ4n) is 5.33. The van der Waals surface area contributed by atoms with E-state index in [0.29, 0.717) is 26.2 Å². The maximum atomic E-state index is 13.9. The van der Waals surface area contributed by atoms with Gasteiger partial charge in [-0.1, -0.05) is 6.07 Å². The molecule has 2 aliphatic rings. The Morgan fingerprint density at radius 3 is 2.27 bits per heavy atom. The van der Waals surface area contributed by atoms with Gasteiger partial charge >= 0.3 is 12.1 Å². The van der Waals surface area contributed by atoms with Crippen LogP contribution in [0.4, 0.5) is 20.7 Å². The lowest BCUT2D eigenvalue weighted by atomic mass is 10.1. The van der Waals surface area contributed by atoms with Crippen molar-refractivity contribution in [1.29, 1.82) is 0 Å². The van der Waals surface area contributed by atoms with Crippen LogP contribution < -0.4 is 14.5 Å². The fraction of sp³-hybridized carbons (Fsp3) is 0.333. The van der Waals surface area contributed by atoms with Crippen molar-refractivity contribution in [2.75, 3.05) is 42.5 Å². The minimum absolute atomic E-state index is 0.110. The van der Waals surface area contributed by atoms with Gasteiger partial charge in [-0.05, 0) is 67.6 Å². The number of nitrogens with zero attached hydrogens (tertiary/aromatic N) is 5. The van der Waals surface area contributed by atoms with E-state index in [1.54, 1.807) is 11.1 Å². The quantitative estimate of drug-likeness (QED) is 0.373. The van der Waals surface area contributed by atoms with Gasteiger partial charge in [0.25, 0.3) is 0 Å². The number of carboxylic acid groups (broad SMARTS) is 1. The first-order chi connectivity index (χ1) is 21.5. The average Bonchev–Trinajstić information content (AvgIpc) is 3.45. The fourth-order valence-corrected chi connectivity index (χ4v) is 6.96.